The molecule has 1 aliphatic rings. The number of rotatable bonds is 7. The van der Waals surface area contributed by atoms with Crippen molar-refractivity contribution >= 4 is 22.6 Å². The molecular weight excluding hydrogens is 378 g/mol. The molecule has 3 aromatic rings. The number of furan rings is 1. The molecular formula is C24H29N3O3. The fraction of sp³-hybridized carbons (Fsp3) is 0.375. The van der Waals surface area contributed by atoms with E-state index in [2.05, 4.69) is 21.2 Å². The summed E-state index contributed by atoms with van der Waals surface area (Å²) in [5.74, 6) is 1.72. The molecule has 158 valence electrons. The van der Waals surface area contributed by atoms with E-state index in [4.69, 9.17) is 9.15 Å². The molecule has 1 aliphatic heterocycles. The Morgan fingerprint density at radius 2 is 1.83 bits per heavy atom. The molecule has 0 spiro atoms. The van der Waals surface area contributed by atoms with Crippen LogP contribution in [0.4, 0.5) is 5.69 Å². The van der Waals surface area contributed by atoms with Crippen molar-refractivity contribution in [1.29, 1.82) is 0 Å². The Morgan fingerprint density at radius 3 is 2.60 bits per heavy atom. The lowest BCUT2D eigenvalue weighted by molar-refractivity contribution is -0.123. The molecule has 0 saturated carbocycles. The second-order valence-corrected chi connectivity index (χ2v) is 7.64. The van der Waals surface area contributed by atoms with Crippen molar-refractivity contribution < 1.29 is 13.9 Å². The smallest absolute Gasteiger partial charge is 0.234 e. The predicted octanol–water partition coefficient (Wildman–Crippen LogP) is 3.83. The maximum Gasteiger partial charge on any atom is 0.234 e. The van der Waals surface area contributed by atoms with Gasteiger partial charge in [0, 0.05) is 31.6 Å². The van der Waals surface area contributed by atoms with Gasteiger partial charge in [0.05, 0.1) is 24.9 Å². The predicted molar refractivity (Wildman–Crippen MR) is 119 cm³/mol. The molecule has 0 unspecified atom stereocenters. The van der Waals surface area contributed by atoms with Crippen molar-refractivity contribution in [3.05, 3.63) is 60.4 Å². The zero-order chi connectivity index (χ0) is 20.9. The van der Waals surface area contributed by atoms with E-state index in [0.29, 0.717) is 13.2 Å². The van der Waals surface area contributed by atoms with E-state index in [1.165, 1.54) is 0 Å². The van der Waals surface area contributed by atoms with Crippen LogP contribution in [0.15, 0.2) is 59.0 Å². The fourth-order valence-corrected chi connectivity index (χ4v) is 3.92. The maximum atomic E-state index is 12.6. The highest BCUT2D eigenvalue weighted by Gasteiger charge is 2.22. The number of piperazine rings is 1. The molecule has 1 aromatic heterocycles. The molecule has 30 heavy (non-hydrogen) atoms. The Bertz CT molecular complexity index is 959. The largest absolute Gasteiger partial charge is 0.492 e. The molecule has 1 N–H and O–H groups in total. The maximum absolute atomic E-state index is 12.6. The van der Waals surface area contributed by atoms with Gasteiger partial charge in [-0.25, -0.2) is 0 Å². The third kappa shape index (κ3) is 4.60. The molecule has 1 saturated heterocycles. The van der Waals surface area contributed by atoms with Crippen LogP contribution in [0.3, 0.4) is 0 Å². The molecule has 2 heterocycles. The van der Waals surface area contributed by atoms with Crippen LogP contribution in [0.25, 0.3) is 11.0 Å². The average molecular weight is 408 g/mol. The number of amides is 1. The Hall–Kier alpha value is -2.99. The minimum Gasteiger partial charge on any atom is -0.492 e. The van der Waals surface area contributed by atoms with Crippen molar-refractivity contribution in [3.63, 3.8) is 0 Å². The van der Waals surface area contributed by atoms with Gasteiger partial charge < -0.3 is 19.4 Å². The van der Waals surface area contributed by atoms with Crippen molar-refractivity contribution in [2.24, 2.45) is 0 Å². The van der Waals surface area contributed by atoms with Gasteiger partial charge in [0.2, 0.25) is 5.91 Å². The number of para-hydroxylation sites is 3. The second-order valence-electron chi connectivity index (χ2n) is 7.64. The molecule has 0 bridgehead atoms. The molecule has 1 atom stereocenters. The molecule has 6 heteroatoms. The zero-order valence-corrected chi connectivity index (χ0v) is 17.6. The van der Waals surface area contributed by atoms with Gasteiger partial charge in [0.15, 0.2) is 0 Å². The standard InChI is InChI=1S/C24H29N3O3/c1-3-29-22-11-7-5-9-20(22)27-14-12-26(13-15-27)17-24(28)25-18(2)23-16-19-8-4-6-10-21(19)30-23/h4-11,16,18H,3,12-15,17H2,1-2H3,(H,25,28)/t18-/m1/s1. The van der Waals surface area contributed by atoms with E-state index in [-0.39, 0.29) is 11.9 Å². The normalized spacial score (nSPS) is 15.9. The number of nitrogens with zero attached hydrogens (tertiary/aromatic N) is 2. The van der Waals surface area contributed by atoms with Gasteiger partial charge in [0.25, 0.3) is 0 Å². The van der Waals surface area contributed by atoms with Crippen LogP contribution < -0.4 is 15.0 Å². The summed E-state index contributed by atoms with van der Waals surface area (Å²) in [6.07, 6.45) is 0. The van der Waals surface area contributed by atoms with Crippen LogP contribution in [0, 0.1) is 0 Å². The van der Waals surface area contributed by atoms with Crippen LogP contribution >= 0.6 is 0 Å². The summed E-state index contributed by atoms with van der Waals surface area (Å²) in [7, 11) is 0. The summed E-state index contributed by atoms with van der Waals surface area (Å²) in [6, 6.07) is 17.9. The Labute approximate surface area is 177 Å². The van der Waals surface area contributed by atoms with Gasteiger partial charge in [0.1, 0.15) is 17.1 Å². The Balaban J connectivity index is 1.29. The first-order valence-electron chi connectivity index (χ1n) is 10.6. The van der Waals surface area contributed by atoms with Crippen LogP contribution in [0.1, 0.15) is 25.6 Å². The Kier molecular flexibility index (Phi) is 6.23. The van der Waals surface area contributed by atoms with Crippen LogP contribution in [-0.4, -0.2) is 50.1 Å². The van der Waals surface area contributed by atoms with E-state index in [1.54, 1.807) is 0 Å². The molecule has 1 fully saturated rings. The third-order valence-corrected chi connectivity index (χ3v) is 5.49. The van der Waals surface area contributed by atoms with E-state index in [1.807, 2.05) is 62.4 Å². The van der Waals surface area contributed by atoms with Crippen molar-refractivity contribution in [2.75, 3.05) is 44.2 Å². The number of anilines is 1. The number of hydrogen-bond acceptors (Lipinski definition) is 5. The monoisotopic (exact) mass is 407 g/mol. The highest BCUT2D eigenvalue weighted by Crippen LogP contribution is 2.29. The molecule has 4 rings (SSSR count). The van der Waals surface area contributed by atoms with Crippen LogP contribution in [0.2, 0.25) is 0 Å². The Morgan fingerprint density at radius 1 is 1.10 bits per heavy atom. The molecule has 0 aliphatic carbocycles. The summed E-state index contributed by atoms with van der Waals surface area (Å²) in [5.41, 5.74) is 1.97. The number of ether oxygens (including phenoxy) is 1. The summed E-state index contributed by atoms with van der Waals surface area (Å²) in [5, 5.41) is 4.12. The first kappa shape index (κ1) is 20.3. The van der Waals surface area contributed by atoms with E-state index >= 15 is 0 Å². The fourth-order valence-electron chi connectivity index (χ4n) is 3.92. The number of benzene rings is 2. The van der Waals surface area contributed by atoms with Gasteiger partial charge in [-0.15, -0.1) is 0 Å². The number of carbonyl (C=O) groups excluding carboxylic acids is 1. The summed E-state index contributed by atoms with van der Waals surface area (Å²) in [4.78, 5) is 17.1. The lowest BCUT2D eigenvalue weighted by Crippen LogP contribution is -2.49. The number of carbonyl (C=O) groups is 1. The lowest BCUT2D eigenvalue weighted by Gasteiger charge is -2.36. The summed E-state index contributed by atoms with van der Waals surface area (Å²) >= 11 is 0. The van der Waals surface area contributed by atoms with Crippen LogP contribution in [0.5, 0.6) is 5.75 Å². The van der Waals surface area contributed by atoms with Crippen molar-refractivity contribution in [3.8, 4) is 5.75 Å². The lowest BCUT2D eigenvalue weighted by atomic mass is 10.2. The molecule has 1 amide bonds. The van der Waals surface area contributed by atoms with Gasteiger partial charge in [-0.2, -0.15) is 0 Å². The van der Waals surface area contributed by atoms with E-state index < -0.39 is 0 Å². The molecule has 0 radical (unpaired) electrons. The first-order valence-corrected chi connectivity index (χ1v) is 10.6. The minimum absolute atomic E-state index is 0.0196. The van der Waals surface area contributed by atoms with Gasteiger partial charge in [-0.3, -0.25) is 9.69 Å². The highest BCUT2D eigenvalue weighted by molar-refractivity contribution is 5.80. The van der Waals surface area contributed by atoms with Gasteiger partial charge in [-0.05, 0) is 38.1 Å². The van der Waals surface area contributed by atoms with Crippen molar-refractivity contribution in [1.82, 2.24) is 10.2 Å². The van der Waals surface area contributed by atoms with Gasteiger partial charge in [-0.1, -0.05) is 30.3 Å². The topological polar surface area (TPSA) is 58.0 Å². The quantitative estimate of drug-likeness (QED) is 0.645. The summed E-state index contributed by atoms with van der Waals surface area (Å²) in [6.45, 7) is 8.43. The van der Waals surface area contributed by atoms with E-state index in [0.717, 1.165) is 54.3 Å². The molecule has 2 aromatic carbocycles. The minimum atomic E-state index is -0.163. The van der Waals surface area contributed by atoms with E-state index in [9.17, 15) is 4.79 Å². The molecule has 6 nitrogen and oxygen atoms in total. The third-order valence-electron chi connectivity index (χ3n) is 5.49. The number of fused-ring (bicyclic) bond motifs is 1. The van der Waals surface area contributed by atoms with Crippen LogP contribution in [-0.2, 0) is 4.79 Å². The average Bonchev–Trinajstić information content (AvgIpc) is 3.20. The summed E-state index contributed by atoms with van der Waals surface area (Å²) < 4.78 is 11.6. The SMILES string of the molecule is CCOc1ccccc1N1CCN(CC(=O)N[C@H](C)c2cc3ccccc3o2)CC1. The zero-order valence-electron chi connectivity index (χ0n) is 17.6. The number of nitrogens with one attached hydrogen (secondary N) is 1. The number of hydrogen-bond donors (Lipinski definition) is 1. The highest BCUT2D eigenvalue weighted by atomic mass is 16.5. The van der Waals surface area contributed by atoms with Gasteiger partial charge >= 0.3 is 0 Å². The second kappa shape index (κ2) is 9.22. The first-order chi connectivity index (χ1) is 14.6. The van der Waals surface area contributed by atoms with Crippen molar-refractivity contribution in [2.45, 2.75) is 19.9 Å².